The summed E-state index contributed by atoms with van der Waals surface area (Å²) in [6.07, 6.45) is -0.903. The van der Waals surface area contributed by atoms with Crippen LogP contribution in [0.4, 0.5) is 4.79 Å². The Morgan fingerprint density at radius 3 is 2.50 bits per heavy atom. The number of carbonyl (C=O) groups is 3. The zero-order chi connectivity index (χ0) is 14.9. The van der Waals surface area contributed by atoms with Crippen LogP contribution in [0.1, 0.15) is 6.42 Å². The van der Waals surface area contributed by atoms with E-state index >= 15 is 0 Å². The maximum atomic E-state index is 12.4. The monoisotopic (exact) mass is 287 g/mol. The third kappa shape index (κ3) is 2.68. The SMILES string of the molecule is NC(=O)C1COCCN1C(=O)N1C[C@H](O)C[C@H]1C(=O)O. The van der Waals surface area contributed by atoms with E-state index in [4.69, 9.17) is 15.6 Å². The van der Waals surface area contributed by atoms with E-state index in [-0.39, 0.29) is 32.7 Å². The second kappa shape index (κ2) is 5.63. The van der Waals surface area contributed by atoms with Crippen LogP contribution in [0.25, 0.3) is 0 Å². The first-order valence-electron chi connectivity index (χ1n) is 6.27. The quantitative estimate of drug-likeness (QED) is 0.528. The number of nitrogens with zero attached hydrogens (tertiary/aromatic N) is 2. The summed E-state index contributed by atoms with van der Waals surface area (Å²) in [7, 11) is 0. The van der Waals surface area contributed by atoms with Gasteiger partial charge in [0.2, 0.25) is 5.91 Å². The molecule has 3 atom stereocenters. The smallest absolute Gasteiger partial charge is 0.326 e. The molecule has 2 heterocycles. The summed E-state index contributed by atoms with van der Waals surface area (Å²) in [5, 5.41) is 18.6. The van der Waals surface area contributed by atoms with E-state index in [2.05, 4.69) is 0 Å². The molecule has 0 spiro atoms. The van der Waals surface area contributed by atoms with Gasteiger partial charge in [0.25, 0.3) is 0 Å². The van der Waals surface area contributed by atoms with Crippen LogP contribution in [0.15, 0.2) is 0 Å². The summed E-state index contributed by atoms with van der Waals surface area (Å²) >= 11 is 0. The zero-order valence-corrected chi connectivity index (χ0v) is 10.8. The first-order chi connectivity index (χ1) is 9.41. The van der Waals surface area contributed by atoms with Crippen LogP contribution in [0.5, 0.6) is 0 Å². The van der Waals surface area contributed by atoms with Gasteiger partial charge in [-0.3, -0.25) is 4.79 Å². The Balaban J connectivity index is 2.16. The Labute approximate surface area is 114 Å². The summed E-state index contributed by atoms with van der Waals surface area (Å²) < 4.78 is 5.10. The minimum atomic E-state index is -1.18. The molecular formula is C11H17N3O6. The molecule has 0 aliphatic carbocycles. The number of amides is 3. The molecule has 0 saturated carbocycles. The van der Waals surface area contributed by atoms with E-state index in [1.54, 1.807) is 0 Å². The number of carboxylic acids is 1. The van der Waals surface area contributed by atoms with Crippen molar-refractivity contribution in [1.29, 1.82) is 0 Å². The third-order valence-electron chi connectivity index (χ3n) is 3.51. The normalized spacial score (nSPS) is 30.4. The first-order valence-corrected chi connectivity index (χ1v) is 6.27. The minimum absolute atomic E-state index is 0.00476. The summed E-state index contributed by atoms with van der Waals surface area (Å²) in [6, 6.07) is -2.61. The number of aliphatic carboxylic acids is 1. The van der Waals surface area contributed by atoms with Gasteiger partial charge >= 0.3 is 12.0 Å². The predicted molar refractivity (Wildman–Crippen MR) is 64.7 cm³/mol. The largest absolute Gasteiger partial charge is 0.480 e. The fourth-order valence-electron chi connectivity index (χ4n) is 2.49. The van der Waals surface area contributed by atoms with E-state index in [0.717, 1.165) is 4.90 Å². The number of aliphatic hydroxyl groups excluding tert-OH is 1. The first kappa shape index (κ1) is 14.5. The lowest BCUT2D eigenvalue weighted by molar-refractivity contribution is -0.141. The number of nitrogens with two attached hydrogens (primary N) is 1. The molecule has 0 aromatic heterocycles. The van der Waals surface area contributed by atoms with Crippen molar-refractivity contribution in [3.63, 3.8) is 0 Å². The number of primary amides is 1. The average molecular weight is 287 g/mol. The van der Waals surface area contributed by atoms with Gasteiger partial charge in [0, 0.05) is 19.5 Å². The molecule has 2 saturated heterocycles. The number of carboxylic acid groups (broad SMARTS) is 1. The molecule has 2 aliphatic rings. The maximum absolute atomic E-state index is 12.4. The molecule has 0 aromatic carbocycles. The zero-order valence-electron chi connectivity index (χ0n) is 10.8. The van der Waals surface area contributed by atoms with Crippen molar-refractivity contribution in [3.8, 4) is 0 Å². The van der Waals surface area contributed by atoms with Crippen LogP contribution >= 0.6 is 0 Å². The van der Waals surface area contributed by atoms with Crippen molar-refractivity contribution in [2.24, 2.45) is 5.73 Å². The van der Waals surface area contributed by atoms with Crippen LogP contribution in [0.3, 0.4) is 0 Å². The number of rotatable bonds is 2. The molecule has 9 heteroatoms. The third-order valence-corrected chi connectivity index (χ3v) is 3.51. The molecule has 0 radical (unpaired) electrons. The number of hydrogen-bond donors (Lipinski definition) is 3. The van der Waals surface area contributed by atoms with Crippen LogP contribution in [0, 0.1) is 0 Å². The molecule has 0 aromatic rings. The maximum Gasteiger partial charge on any atom is 0.326 e. The van der Waals surface area contributed by atoms with Crippen LogP contribution in [-0.4, -0.2) is 82.4 Å². The molecule has 2 fully saturated rings. The van der Waals surface area contributed by atoms with Crippen molar-refractivity contribution < 1.29 is 29.3 Å². The van der Waals surface area contributed by atoms with Gasteiger partial charge in [-0.1, -0.05) is 0 Å². The van der Waals surface area contributed by atoms with Crippen molar-refractivity contribution in [3.05, 3.63) is 0 Å². The molecule has 2 aliphatic heterocycles. The Hall–Kier alpha value is -1.87. The predicted octanol–water partition coefficient (Wildman–Crippen LogP) is -2.19. The highest BCUT2D eigenvalue weighted by molar-refractivity contribution is 5.88. The van der Waals surface area contributed by atoms with Crippen LogP contribution in [-0.2, 0) is 14.3 Å². The van der Waals surface area contributed by atoms with Gasteiger partial charge in [-0.25, -0.2) is 9.59 Å². The van der Waals surface area contributed by atoms with Crippen molar-refractivity contribution in [2.45, 2.75) is 24.6 Å². The van der Waals surface area contributed by atoms with Gasteiger partial charge in [-0.2, -0.15) is 0 Å². The van der Waals surface area contributed by atoms with Gasteiger partial charge in [0.1, 0.15) is 12.1 Å². The fraction of sp³-hybridized carbons (Fsp3) is 0.727. The molecule has 20 heavy (non-hydrogen) atoms. The highest BCUT2D eigenvalue weighted by Gasteiger charge is 2.43. The summed E-state index contributed by atoms with van der Waals surface area (Å²) in [4.78, 5) is 37.1. The van der Waals surface area contributed by atoms with Crippen molar-refractivity contribution in [2.75, 3.05) is 26.3 Å². The molecule has 2 rings (SSSR count). The van der Waals surface area contributed by atoms with E-state index in [1.807, 2.05) is 0 Å². The number of urea groups is 1. The summed E-state index contributed by atoms with van der Waals surface area (Å²) in [5.41, 5.74) is 5.22. The number of ether oxygens (including phenoxy) is 1. The number of β-amino-alcohol motifs (C(OH)–C–C–N with tert-alkyl or cyclic N) is 1. The van der Waals surface area contributed by atoms with E-state index < -0.39 is 36.1 Å². The molecule has 4 N–H and O–H groups in total. The molecule has 0 bridgehead atoms. The van der Waals surface area contributed by atoms with Gasteiger partial charge < -0.3 is 30.5 Å². The summed E-state index contributed by atoms with van der Waals surface area (Å²) in [5.74, 6) is -1.89. The molecular weight excluding hydrogens is 270 g/mol. The Morgan fingerprint density at radius 2 is 1.90 bits per heavy atom. The standard InChI is InChI=1S/C11H17N3O6/c12-9(16)8-5-20-2-1-13(8)11(19)14-4-6(15)3-7(14)10(17)18/h6-8,15H,1-5H2,(H2,12,16)(H,17,18)/t6-,7+,8?/m1/s1. The van der Waals surface area contributed by atoms with Crippen LogP contribution < -0.4 is 5.73 Å². The van der Waals surface area contributed by atoms with E-state index in [0.29, 0.717) is 0 Å². The number of likely N-dealkylation sites (tertiary alicyclic amines) is 1. The summed E-state index contributed by atoms with van der Waals surface area (Å²) in [6.45, 7) is 0.336. The molecule has 3 amide bonds. The Kier molecular flexibility index (Phi) is 4.09. The lowest BCUT2D eigenvalue weighted by Crippen LogP contribution is -2.59. The lowest BCUT2D eigenvalue weighted by atomic mass is 10.2. The lowest BCUT2D eigenvalue weighted by Gasteiger charge is -2.37. The van der Waals surface area contributed by atoms with Crippen molar-refractivity contribution >= 4 is 17.9 Å². The second-order valence-corrected chi connectivity index (χ2v) is 4.86. The Bertz CT molecular complexity index is 408. The Morgan fingerprint density at radius 1 is 1.20 bits per heavy atom. The van der Waals surface area contributed by atoms with Crippen molar-refractivity contribution in [1.82, 2.24) is 9.80 Å². The minimum Gasteiger partial charge on any atom is -0.480 e. The number of morpholine rings is 1. The van der Waals surface area contributed by atoms with Crippen LogP contribution in [0.2, 0.25) is 0 Å². The van der Waals surface area contributed by atoms with Gasteiger partial charge in [-0.15, -0.1) is 0 Å². The highest BCUT2D eigenvalue weighted by atomic mass is 16.5. The molecule has 112 valence electrons. The van der Waals surface area contributed by atoms with E-state index in [9.17, 15) is 19.5 Å². The number of hydrogen-bond acceptors (Lipinski definition) is 5. The molecule has 9 nitrogen and oxygen atoms in total. The fourth-order valence-corrected chi connectivity index (χ4v) is 2.49. The number of carbonyl (C=O) groups excluding carboxylic acids is 2. The molecule has 1 unspecified atom stereocenters. The average Bonchev–Trinajstić information content (AvgIpc) is 2.80. The highest BCUT2D eigenvalue weighted by Crippen LogP contribution is 2.21. The topological polar surface area (TPSA) is 133 Å². The van der Waals surface area contributed by atoms with Gasteiger partial charge in [0.05, 0.1) is 19.3 Å². The van der Waals surface area contributed by atoms with E-state index in [1.165, 1.54) is 4.90 Å². The van der Waals surface area contributed by atoms with Gasteiger partial charge in [0.15, 0.2) is 0 Å². The second-order valence-electron chi connectivity index (χ2n) is 4.86. The number of aliphatic hydroxyl groups is 1. The van der Waals surface area contributed by atoms with Gasteiger partial charge in [-0.05, 0) is 0 Å².